The van der Waals surface area contributed by atoms with Crippen LogP contribution in [-0.2, 0) is 4.79 Å². The SMILES string of the molecule is C#CCNC(=O)CSc1nnc(-c2ccccc2)c(-c2ccccc2)n1. The summed E-state index contributed by atoms with van der Waals surface area (Å²) in [6.07, 6.45) is 5.13. The molecule has 0 atom stereocenters. The Morgan fingerprint density at radius 3 is 2.19 bits per heavy atom. The van der Waals surface area contributed by atoms with Gasteiger partial charge in [-0.1, -0.05) is 78.3 Å². The first kappa shape index (κ1) is 17.6. The number of nitrogens with one attached hydrogen (secondary N) is 1. The zero-order chi connectivity index (χ0) is 18.2. The zero-order valence-corrected chi connectivity index (χ0v) is 14.7. The van der Waals surface area contributed by atoms with E-state index in [0.29, 0.717) is 10.9 Å². The third-order valence-corrected chi connectivity index (χ3v) is 4.32. The van der Waals surface area contributed by atoms with Crippen LogP contribution in [0.5, 0.6) is 0 Å². The lowest BCUT2D eigenvalue weighted by Gasteiger charge is -2.09. The number of amides is 1. The summed E-state index contributed by atoms with van der Waals surface area (Å²) < 4.78 is 0. The predicted octanol–water partition coefficient (Wildman–Crippen LogP) is 3.05. The van der Waals surface area contributed by atoms with Crippen molar-refractivity contribution in [3.63, 3.8) is 0 Å². The maximum atomic E-state index is 11.7. The molecule has 0 unspecified atom stereocenters. The molecule has 6 heteroatoms. The highest BCUT2D eigenvalue weighted by atomic mass is 32.2. The van der Waals surface area contributed by atoms with E-state index in [1.54, 1.807) is 0 Å². The molecule has 0 aliphatic rings. The zero-order valence-electron chi connectivity index (χ0n) is 13.9. The monoisotopic (exact) mass is 360 g/mol. The second kappa shape index (κ2) is 8.79. The van der Waals surface area contributed by atoms with Gasteiger partial charge in [-0.3, -0.25) is 4.79 Å². The average molecular weight is 360 g/mol. The molecule has 128 valence electrons. The fraction of sp³-hybridized carbons (Fsp3) is 0.100. The summed E-state index contributed by atoms with van der Waals surface area (Å²) in [4.78, 5) is 16.4. The lowest BCUT2D eigenvalue weighted by Crippen LogP contribution is -2.25. The van der Waals surface area contributed by atoms with Crippen molar-refractivity contribution in [2.75, 3.05) is 12.3 Å². The first-order valence-electron chi connectivity index (χ1n) is 7.96. The molecule has 0 saturated carbocycles. The number of nitrogens with zero attached hydrogens (tertiary/aromatic N) is 3. The lowest BCUT2D eigenvalue weighted by atomic mass is 10.0. The molecule has 0 fully saturated rings. The van der Waals surface area contributed by atoms with Crippen molar-refractivity contribution in [3.05, 3.63) is 60.7 Å². The smallest absolute Gasteiger partial charge is 0.231 e. The summed E-state index contributed by atoms with van der Waals surface area (Å²) in [6, 6.07) is 19.6. The maximum Gasteiger partial charge on any atom is 0.231 e. The molecule has 1 amide bonds. The van der Waals surface area contributed by atoms with Gasteiger partial charge < -0.3 is 5.32 Å². The molecule has 0 spiro atoms. The Morgan fingerprint density at radius 2 is 1.58 bits per heavy atom. The molecule has 3 aromatic rings. The summed E-state index contributed by atoms with van der Waals surface area (Å²) in [5.41, 5.74) is 3.32. The standard InChI is InChI=1S/C20H16N4OS/c1-2-13-21-17(25)14-26-20-22-18(15-9-5-3-6-10-15)19(23-24-20)16-11-7-4-8-12-16/h1,3-12H,13-14H2,(H,21,25). The average Bonchev–Trinajstić information content (AvgIpc) is 2.72. The number of carbonyl (C=O) groups excluding carboxylic acids is 1. The number of rotatable bonds is 6. The van der Waals surface area contributed by atoms with Gasteiger partial charge in [-0.25, -0.2) is 4.98 Å². The van der Waals surface area contributed by atoms with Gasteiger partial charge in [0.25, 0.3) is 0 Å². The van der Waals surface area contributed by atoms with Gasteiger partial charge >= 0.3 is 0 Å². The Morgan fingerprint density at radius 1 is 0.962 bits per heavy atom. The van der Waals surface area contributed by atoms with Gasteiger partial charge in [0.2, 0.25) is 11.1 Å². The highest BCUT2D eigenvalue weighted by Gasteiger charge is 2.14. The molecule has 0 saturated heterocycles. The van der Waals surface area contributed by atoms with Crippen LogP contribution in [0.15, 0.2) is 65.8 Å². The van der Waals surface area contributed by atoms with E-state index in [-0.39, 0.29) is 18.2 Å². The number of hydrogen-bond acceptors (Lipinski definition) is 5. The van der Waals surface area contributed by atoms with Crippen LogP contribution in [0, 0.1) is 12.3 Å². The molecule has 1 heterocycles. The first-order chi connectivity index (χ1) is 12.8. The molecular weight excluding hydrogens is 344 g/mol. The molecular formula is C20H16N4OS. The summed E-state index contributed by atoms with van der Waals surface area (Å²) >= 11 is 1.23. The second-order valence-corrected chi connectivity index (χ2v) is 6.24. The highest BCUT2D eigenvalue weighted by molar-refractivity contribution is 7.99. The minimum absolute atomic E-state index is 0.162. The van der Waals surface area contributed by atoms with E-state index in [4.69, 9.17) is 6.42 Å². The molecule has 2 aromatic carbocycles. The van der Waals surface area contributed by atoms with E-state index >= 15 is 0 Å². The molecule has 26 heavy (non-hydrogen) atoms. The van der Waals surface area contributed by atoms with Crippen molar-refractivity contribution < 1.29 is 4.79 Å². The van der Waals surface area contributed by atoms with E-state index in [1.807, 2.05) is 60.7 Å². The normalized spacial score (nSPS) is 10.1. The molecule has 1 N–H and O–H groups in total. The van der Waals surface area contributed by atoms with Crippen molar-refractivity contribution in [3.8, 4) is 34.9 Å². The largest absolute Gasteiger partial charge is 0.344 e. The number of terminal acetylenes is 1. The van der Waals surface area contributed by atoms with Crippen LogP contribution in [0.25, 0.3) is 22.5 Å². The van der Waals surface area contributed by atoms with Crippen molar-refractivity contribution in [1.82, 2.24) is 20.5 Å². The van der Waals surface area contributed by atoms with Gasteiger partial charge in [0.15, 0.2) is 0 Å². The Kier molecular flexibility index (Phi) is 5.96. The van der Waals surface area contributed by atoms with Crippen molar-refractivity contribution in [1.29, 1.82) is 0 Å². The number of benzene rings is 2. The molecule has 0 aliphatic heterocycles. The number of aromatic nitrogens is 3. The molecule has 0 bridgehead atoms. The van der Waals surface area contributed by atoms with Crippen LogP contribution in [0.1, 0.15) is 0 Å². The fourth-order valence-corrected chi connectivity index (χ4v) is 2.91. The minimum atomic E-state index is -0.162. The van der Waals surface area contributed by atoms with Gasteiger partial charge in [-0.15, -0.1) is 16.6 Å². The summed E-state index contributed by atoms with van der Waals surface area (Å²) in [5.74, 6) is 2.39. The predicted molar refractivity (Wildman–Crippen MR) is 103 cm³/mol. The van der Waals surface area contributed by atoms with Gasteiger partial charge in [0.1, 0.15) is 11.4 Å². The van der Waals surface area contributed by atoms with E-state index < -0.39 is 0 Å². The summed E-state index contributed by atoms with van der Waals surface area (Å²) in [7, 11) is 0. The highest BCUT2D eigenvalue weighted by Crippen LogP contribution is 2.29. The molecule has 0 aliphatic carbocycles. The van der Waals surface area contributed by atoms with E-state index in [2.05, 4.69) is 26.4 Å². The number of thioether (sulfide) groups is 1. The number of carbonyl (C=O) groups is 1. The molecule has 1 aromatic heterocycles. The van der Waals surface area contributed by atoms with Gasteiger partial charge in [0, 0.05) is 11.1 Å². The molecule has 5 nitrogen and oxygen atoms in total. The minimum Gasteiger partial charge on any atom is -0.344 e. The van der Waals surface area contributed by atoms with Gasteiger partial charge in [0.05, 0.1) is 12.3 Å². The van der Waals surface area contributed by atoms with Crippen LogP contribution < -0.4 is 5.32 Å². The van der Waals surface area contributed by atoms with Crippen LogP contribution in [0.4, 0.5) is 0 Å². The Bertz CT molecular complexity index is 924. The van der Waals surface area contributed by atoms with Crippen molar-refractivity contribution in [2.24, 2.45) is 0 Å². The summed E-state index contributed by atoms with van der Waals surface area (Å²) in [6.45, 7) is 0.209. The molecule has 0 radical (unpaired) electrons. The van der Waals surface area contributed by atoms with Crippen molar-refractivity contribution in [2.45, 2.75) is 5.16 Å². The Hall–Kier alpha value is -3.17. The van der Waals surface area contributed by atoms with Crippen LogP contribution in [-0.4, -0.2) is 33.4 Å². The first-order valence-corrected chi connectivity index (χ1v) is 8.95. The summed E-state index contributed by atoms with van der Waals surface area (Å²) in [5, 5.41) is 11.6. The van der Waals surface area contributed by atoms with Crippen molar-refractivity contribution >= 4 is 17.7 Å². The van der Waals surface area contributed by atoms with Gasteiger partial charge in [-0.2, -0.15) is 0 Å². The van der Waals surface area contributed by atoms with E-state index in [1.165, 1.54) is 11.8 Å². The third kappa shape index (κ3) is 4.47. The second-order valence-electron chi connectivity index (χ2n) is 5.29. The Labute approximate surface area is 156 Å². The fourth-order valence-electron chi connectivity index (χ4n) is 2.29. The van der Waals surface area contributed by atoms with Crippen LogP contribution in [0.2, 0.25) is 0 Å². The lowest BCUT2D eigenvalue weighted by molar-refractivity contribution is -0.118. The quantitative estimate of drug-likeness (QED) is 0.541. The topological polar surface area (TPSA) is 67.8 Å². The molecule has 3 rings (SSSR count). The van der Waals surface area contributed by atoms with Crippen LogP contribution >= 0.6 is 11.8 Å². The van der Waals surface area contributed by atoms with E-state index in [0.717, 1.165) is 16.8 Å². The van der Waals surface area contributed by atoms with E-state index in [9.17, 15) is 4.79 Å². The van der Waals surface area contributed by atoms with Gasteiger partial charge in [-0.05, 0) is 0 Å². The maximum absolute atomic E-state index is 11.7. The Balaban J connectivity index is 1.90. The third-order valence-electron chi connectivity index (χ3n) is 3.48. The van der Waals surface area contributed by atoms with Crippen LogP contribution in [0.3, 0.4) is 0 Å². The number of hydrogen-bond donors (Lipinski definition) is 1.